The largest absolute Gasteiger partial charge is 0.478 e. The van der Waals surface area contributed by atoms with Gasteiger partial charge in [0, 0.05) is 17.0 Å². The van der Waals surface area contributed by atoms with Gasteiger partial charge in [-0.25, -0.2) is 9.59 Å². The third-order valence-corrected chi connectivity index (χ3v) is 5.21. The number of nitrogens with one attached hydrogen (secondary N) is 1. The van der Waals surface area contributed by atoms with Gasteiger partial charge in [-0.15, -0.1) is 11.3 Å². The summed E-state index contributed by atoms with van der Waals surface area (Å²) in [6, 6.07) is 0. The van der Waals surface area contributed by atoms with Crippen LogP contribution in [-0.2, 0) is 27.2 Å². The van der Waals surface area contributed by atoms with E-state index in [1.54, 1.807) is 6.92 Å². The third kappa shape index (κ3) is 4.23. The fourth-order valence-electron chi connectivity index (χ4n) is 2.81. The minimum absolute atomic E-state index is 0.257. The molecule has 0 radical (unpaired) electrons. The van der Waals surface area contributed by atoms with Crippen molar-refractivity contribution in [2.24, 2.45) is 5.92 Å². The van der Waals surface area contributed by atoms with Gasteiger partial charge in [0.05, 0.1) is 12.2 Å². The van der Waals surface area contributed by atoms with E-state index in [-0.39, 0.29) is 6.61 Å². The minimum Gasteiger partial charge on any atom is -0.478 e. The molecule has 1 heterocycles. The van der Waals surface area contributed by atoms with Crippen molar-refractivity contribution >= 4 is 34.2 Å². The van der Waals surface area contributed by atoms with E-state index in [0.717, 1.165) is 48.3 Å². The van der Waals surface area contributed by atoms with Crippen molar-refractivity contribution in [3.05, 3.63) is 28.2 Å². The highest BCUT2D eigenvalue weighted by Crippen LogP contribution is 2.40. The summed E-state index contributed by atoms with van der Waals surface area (Å²) in [7, 11) is 0. The Balaban J connectivity index is 2.32. The van der Waals surface area contributed by atoms with E-state index in [2.05, 4.69) is 12.2 Å². The Morgan fingerprint density at radius 3 is 2.71 bits per heavy atom. The first-order valence-corrected chi connectivity index (χ1v) is 8.81. The molecule has 7 heteroatoms. The van der Waals surface area contributed by atoms with Crippen LogP contribution in [0.25, 0.3) is 0 Å². The van der Waals surface area contributed by atoms with Gasteiger partial charge >= 0.3 is 11.9 Å². The first-order chi connectivity index (χ1) is 11.5. The average molecular weight is 351 g/mol. The molecule has 0 unspecified atom stereocenters. The predicted octanol–water partition coefficient (Wildman–Crippen LogP) is 3.02. The van der Waals surface area contributed by atoms with E-state index in [1.165, 1.54) is 11.3 Å². The highest BCUT2D eigenvalue weighted by Gasteiger charge is 2.29. The topological polar surface area (TPSA) is 92.7 Å². The van der Waals surface area contributed by atoms with Crippen molar-refractivity contribution in [3.8, 4) is 0 Å². The minimum atomic E-state index is -1.20. The van der Waals surface area contributed by atoms with Crippen molar-refractivity contribution in [3.63, 3.8) is 0 Å². The van der Waals surface area contributed by atoms with Gasteiger partial charge in [-0.1, -0.05) is 13.3 Å². The number of carboxylic acid groups (broad SMARTS) is 1. The van der Waals surface area contributed by atoms with Crippen LogP contribution in [-0.4, -0.2) is 29.6 Å². The van der Waals surface area contributed by atoms with E-state index in [1.807, 2.05) is 0 Å². The number of hydrogen-bond acceptors (Lipinski definition) is 5. The molecule has 1 aromatic heterocycles. The molecule has 0 aliphatic heterocycles. The number of thiophene rings is 1. The van der Waals surface area contributed by atoms with Crippen molar-refractivity contribution in [1.29, 1.82) is 0 Å². The third-order valence-electron chi connectivity index (χ3n) is 4.04. The normalized spacial score (nSPS) is 16.7. The number of hydrogen-bond donors (Lipinski definition) is 2. The zero-order valence-corrected chi connectivity index (χ0v) is 14.6. The zero-order valence-electron chi connectivity index (χ0n) is 13.8. The summed E-state index contributed by atoms with van der Waals surface area (Å²) in [5.41, 5.74) is 1.38. The predicted molar refractivity (Wildman–Crippen MR) is 91.5 cm³/mol. The number of carbonyl (C=O) groups excluding carboxylic acids is 2. The molecule has 0 bridgehead atoms. The van der Waals surface area contributed by atoms with E-state index in [9.17, 15) is 14.4 Å². The van der Waals surface area contributed by atoms with Gasteiger partial charge in [-0.3, -0.25) is 4.79 Å². The number of carboxylic acids is 1. The molecule has 0 saturated carbocycles. The van der Waals surface area contributed by atoms with Crippen LogP contribution in [0, 0.1) is 5.92 Å². The average Bonchev–Trinajstić information content (AvgIpc) is 2.89. The molecule has 0 fully saturated rings. The molecule has 1 aromatic rings. The van der Waals surface area contributed by atoms with Crippen LogP contribution >= 0.6 is 11.3 Å². The van der Waals surface area contributed by atoms with Gasteiger partial charge in [0.1, 0.15) is 5.00 Å². The molecule has 0 aromatic carbocycles. The highest BCUT2D eigenvalue weighted by atomic mass is 32.1. The summed E-state index contributed by atoms with van der Waals surface area (Å²) < 4.78 is 5.13. The number of anilines is 1. The number of fused-ring (bicyclic) bond motifs is 1. The molecular weight excluding hydrogens is 330 g/mol. The van der Waals surface area contributed by atoms with Gasteiger partial charge in [0.2, 0.25) is 5.91 Å². The van der Waals surface area contributed by atoms with Crippen LogP contribution in [0.3, 0.4) is 0 Å². The summed E-state index contributed by atoms with van der Waals surface area (Å²) in [6.07, 6.45) is 5.47. The molecule has 24 heavy (non-hydrogen) atoms. The van der Waals surface area contributed by atoms with Gasteiger partial charge in [-0.05, 0) is 37.7 Å². The molecule has 1 aliphatic rings. The van der Waals surface area contributed by atoms with Crippen molar-refractivity contribution in [2.45, 2.75) is 39.5 Å². The fourth-order valence-corrected chi connectivity index (χ4v) is 4.16. The van der Waals surface area contributed by atoms with Crippen LogP contribution in [0.4, 0.5) is 5.00 Å². The smallest absolute Gasteiger partial charge is 0.341 e. The van der Waals surface area contributed by atoms with Crippen LogP contribution in [0.5, 0.6) is 0 Å². The summed E-state index contributed by atoms with van der Waals surface area (Å²) in [5, 5.41) is 11.7. The molecular formula is C17H21NO5S. The molecule has 2 N–H and O–H groups in total. The summed E-state index contributed by atoms with van der Waals surface area (Å²) in [5.74, 6) is -1.63. The zero-order chi connectivity index (χ0) is 17.7. The first-order valence-electron chi connectivity index (χ1n) is 7.99. The maximum absolute atomic E-state index is 12.3. The van der Waals surface area contributed by atoms with Gasteiger partial charge < -0.3 is 15.2 Å². The number of rotatable bonds is 6. The maximum Gasteiger partial charge on any atom is 0.341 e. The lowest BCUT2D eigenvalue weighted by Gasteiger charge is -2.20. The molecule has 2 rings (SSSR count). The standard InChI is InChI=1S/C17H21NO5S/c1-3-10-5-6-11-12(9-10)24-16(15(11)17(22)23-4-2)18-13(19)7-8-14(20)21/h7-8,10H,3-6,9H2,1-2H3,(H,18,19)(H,20,21)/t10-/m1/s1. The number of amides is 1. The van der Waals surface area contributed by atoms with Crippen LogP contribution in [0.1, 0.15) is 47.5 Å². The number of carbonyl (C=O) groups is 3. The quantitative estimate of drug-likeness (QED) is 0.607. The SMILES string of the molecule is CCOC(=O)c1c(NC(=O)C=CC(=O)O)sc2c1CC[C@@H](CC)C2. The number of ether oxygens (including phenoxy) is 1. The summed E-state index contributed by atoms with van der Waals surface area (Å²) in [6.45, 7) is 4.14. The number of aliphatic carboxylic acids is 1. The Morgan fingerprint density at radius 1 is 1.33 bits per heavy atom. The van der Waals surface area contributed by atoms with Crippen LogP contribution in [0.2, 0.25) is 0 Å². The molecule has 0 spiro atoms. The second-order valence-corrected chi connectivity index (χ2v) is 6.71. The van der Waals surface area contributed by atoms with Crippen molar-refractivity contribution in [2.75, 3.05) is 11.9 Å². The van der Waals surface area contributed by atoms with Crippen LogP contribution < -0.4 is 5.32 Å². The van der Waals surface area contributed by atoms with E-state index in [4.69, 9.17) is 9.84 Å². The Labute approximate surface area is 144 Å². The lowest BCUT2D eigenvalue weighted by molar-refractivity contribution is -0.131. The van der Waals surface area contributed by atoms with Gasteiger partial charge in [0.15, 0.2) is 0 Å². The fraction of sp³-hybridized carbons (Fsp3) is 0.471. The lowest BCUT2D eigenvalue weighted by Crippen LogP contribution is -2.16. The summed E-state index contributed by atoms with van der Waals surface area (Å²) in [4.78, 5) is 35.8. The Kier molecular flexibility index (Phi) is 6.14. The summed E-state index contributed by atoms with van der Waals surface area (Å²) >= 11 is 1.38. The van der Waals surface area contributed by atoms with E-state index < -0.39 is 17.8 Å². The Bertz CT molecular complexity index is 677. The lowest BCUT2D eigenvalue weighted by atomic mass is 9.85. The van der Waals surface area contributed by atoms with Crippen molar-refractivity contribution in [1.82, 2.24) is 0 Å². The highest BCUT2D eigenvalue weighted by molar-refractivity contribution is 7.17. The van der Waals surface area contributed by atoms with E-state index >= 15 is 0 Å². The molecule has 130 valence electrons. The monoisotopic (exact) mass is 351 g/mol. The molecule has 1 atom stereocenters. The van der Waals surface area contributed by atoms with Gasteiger partial charge in [0.25, 0.3) is 0 Å². The Hall–Kier alpha value is -2.15. The first kappa shape index (κ1) is 18.2. The Morgan fingerprint density at radius 2 is 2.08 bits per heavy atom. The molecule has 0 saturated heterocycles. The second-order valence-electron chi connectivity index (χ2n) is 5.61. The van der Waals surface area contributed by atoms with Crippen molar-refractivity contribution < 1.29 is 24.2 Å². The maximum atomic E-state index is 12.3. The second kappa shape index (κ2) is 8.10. The molecule has 6 nitrogen and oxygen atoms in total. The number of esters is 1. The molecule has 1 aliphatic carbocycles. The molecule has 1 amide bonds. The van der Waals surface area contributed by atoms with Gasteiger partial charge in [-0.2, -0.15) is 0 Å². The van der Waals surface area contributed by atoms with E-state index in [0.29, 0.717) is 16.5 Å². The van der Waals surface area contributed by atoms with Crippen LogP contribution in [0.15, 0.2) is 12.2 Å².